The number of hydrogen-bond acceptors (Lipinski definition) is 4. The Morgan fingerprint density at radius 2 is 1.83 bits per heavy atom. The van der Waals surface area contributed by atoms with E-state index in [1.807, 2.05) is 48.5 Å². The molecule has 0 unspecified atom stereocenters. The van der Waals surface area contributed by atoms with Gasteiger partial charge in [-0.15, -0.1) is 0 Å². The molecule has 0 aromatic heterocycles. The molecule has 1 N–H and O–H groups in total. The van der Waals surface area contributed by atoms with Crippen LogP contribution in [0.2, 0.25) is 0 Å². The molecule has 1 aliphatic heterocycles. The maximum atomic E-state index is 13.1. The number of ether oxygens (including phenoxy) is 1. The SMILES string of the molecule is COc1ccccc1-c1ccc([C@H]2[C@@H](CO)N(C(=O)C3CCCCC3)[C@H]2C#N)cc1. The summed E-state index contributed by atoms with van der Waals surface area (Å²) in [6.45, 7) is -0.129. The molecular formula is C25H28N2O3. The third-order valence-electron chi connectivity index (χ3n) is 6.65. The van der Waals surface area contributed by atoms with E-state index in [9.17, 15) is 15.2 Å². The van der Waals surface area contributed by atoms with Crippen LogP contribution in [0.25, 0.3) is 11.1 Å². The number of amides is 1. The van der Waals surface area contributed by atoms with Crippen LogP contribution in [0.5, 0.6) is 5.75 Å². The number of rotatable bonds is 5. The molecule has 1 heterocycles. The van der Waals surface area contributed by atoms with Gasteiger partial charge in [0.15, 0.2) is 0 Å². The highest BCUT2D eigenvalue weighted by Gasteiger charge is 2.52. The average molecular weight is 405 g/mol. The molecule has 1 saturated carbocycles. The molecule has 2 aliphatic rings. The van der Waals surface area contributed by atoms with Crippen LogP contribution >= 0.6 is 0 Å². The molecule has 2 aromatic carbocycles. The Kier molecular flexibility index (Phi) is 6.06. The first-order valence-electron chi connectivity index (χ1n) is 10.8. The summed E-state index contributed by atoms with van der Waals surface area (Å²) in [6.07, 6.45) is 5.10. The van der Waals surface area contributed by atoms with Gasteiger partial charge in [-0.3, -0.25) is 4.79 Å². The summed E-state index contributed by atoms with van der Waals surface area (Å²) in [5, 5.41) is 19.8. The second-order valence-corrected chi connectivity index (χ2v) is 8.25. The van der Waals surface area contributed by atoms with E-state index in [2.05, 4.69) is 6.07 Å². The van der Waals surface area contributed by atoms with Gasteiger partial charge in [0.2, 0.25) is 5.91 Å². The van der Waals surface area contributed by atoms with E-state index >= 15 is 0 Å². The maximum Gasteiger partial charge on any atom is 0.227 e. The fourth-order valence-corrected chi connectivity index (χ4v) is 5.04. The van der Waals surface area contributed by atoms with Crippen LogP contribution in [-0.4, -0.2) is 41.7 Å². The summed E-state index contributed by atoms with van der Waals surface area (Å²) in [7, 11) is 1.66. The third kappa shape index (κ3) is 3.57. The van der Waals surface area contributed by atoms with Gasteiger partial charge in [0.1, 0.15) is 11.8 Å². The number of hydrogen-bond donors (Lipinski definition) is 1. The van der Waals surface area contributed by atoms with E-state index in [0.717, 1.165) is 48.1 Å². The molecule has 1 amide bonds. The number of nitrogens with zero attached hydrogens (tertiary/aromatic N) is 2. The highest BCUT2D eigenvalue weighted by Crippen LogP contribution is 2.43. The van der Waals surface area contributed by atoms with Crippen molar-refractivity contribution < 1.29 is 14.6 Å². The van der Waals surface area contributed by atoms with Gasteiger partial charge >= 0.3 is 0 Å². The first kappa shape index (κ1) is 20.4. The Labute approximate surface area is 177 Å². The second-order valence-electron chi connectivity index (χ2n) is 8.25. The third-order valence-corrected chi connectivity index (χ3v) is 6.65. The van der Waals surface area contributed by atoms with Gasteiger partial charge in [-0.2, -0.15) is 5.26 Å². The highest BCUT2D eigenvalue weighted by molar-refractivity contribution is 5.82. The predicted molar refractivity (Wildman–Crippen MR) is 115 cm³/mol. The fraction of sp³-hybridized carbons (Fsp3) is 0.440. The van der Waals surface area contributed by atoms with Crippen molar-refractivity contribution in [3.05, 3.63) is 54.1 Å². The Hall–Kier alpha value is -2.84. The summed E-state index contributed by atoms with van der Waals surface area (Å²) in [5.74, 6) is 0.681. The van der Waals surface area contributed by atoms with E-state index in [1.165, 1.54) is 6.42 Å². The van der Waals surface area contributed by atoms with E-state index in [1.54, 1.807) is 12.0 Å². The zero-order valence-electron chi connectivity index (χ0n) is 17.3. The highest BCUT2D eigenvalue weighted by atomic mass is 16.5. The van der Waals surface area contributed by atoms with Gasteiger partial charge in [-0.25, -0.2) is 0 Å². The van der Waals surface area contributed by atoms with Crippen LogP contribution in [0, 0.1) is 17.2 Å². The number of aliphatic hydroxyl groups is 1. The topological polar surface area (TPSA) is 73.6 Å². The molecule has 156 valence electrons. The Bertz CT molecular complexity index is 928. The zero-order chi connectivity index (χ0) is 21.1. The quantitative estimate of drug-likeness (QED) is 0.813. The van der Waals surface area contributed by atoms with Crippen LogP contribution in [0.3, 0.4) is 0 Å². The lowest BCUT2D eigenvalue weighted by Crippen LogP contribution is -2.66. The normalized spacial score (nSPS) is 24.0. The van der Waals surface area contributed by atoms with Crippen LogP contribution in [-0.2, 0) is 4.79 Å². The van der Waals surface area contributed by atoms with E-state index < -0.39 is 6.04 Å². The molecule has 3 atom stereocenters. The fourth-order valence-electron chi connectivity index (χ4n) is 5.04. The van der Waals surface area contributed by atoms with E-state index in [0.29, 0.717) is 0 Å². The number of carbonyl (C=O) groups is 1. The summed E-state index contributed by atoms with van der Waals surface area (Å²) >= 11 is 0. The summed E-state index contributed by atoms with van der Waals surface area (Å²) in [5.41, 5.74) is 3.01. The van der Waals surface area contributed by atoms with Crippen molar-refractivity contribution in [3.8, 4) is 22.9 Å². The lowest BCUT2D eigenvalue weighted by Gasteiger charge is -2.52. The minimum Gasteiger partial charge on any atom is -0.496 e. The number of aliphatic hydroxyl groups excluding tert-OH is 1. The molecule has 0 bridgehead atoms. The van der Waals surface area contributed by atoms with Crippen molar-refractivity contribution in [2.24, 2.45) is 5.92 Å². The summed E-state index contributed by atoms with van der Waals surface area (Å²) in [4.78, 5) is 14.7. The van der Waals surface area contributed by atoms with Gasteiger partial charge in [-0.05, 0) is 30.0 Å². The van der Waals surface area contributed by atoms with Gasteiger partial charge < -0.3 is 14.7 Å². The molecule has 5 nitrogen and oxygen atoms in total. The van der Waals surface area contributed by atoms with Crippen molar-refractivity contribution in [2.75, 3.05) is 13.7 Å². The summed E-state index contributed by atoms with van der Waals surface area (Å²) < 4.78 is 5.46. The second kappa shape index (κ2) is 8.89. The van der Waals surface area contributed by atoms with E-state index in [-0.39, 0.29) is 30.4 Å². The molecule has 0 radical (unpaired) electrons. The predicted octanol–water partition coefficient (Wildman–Crippen LogP) is 4.12. The molecule has 1 saturated heterocycles. The number of nitriles is 1. The van der Waals surface area contributed by atoms with Crippen molar-refractivity contribution in [2.45, 2.75) is 50.1 Å². The van der Waals surface area contributed by atoms with Crippen LogP contribution in [0.4, 0.5) is 0 Å². The lowest BCUT2D eigenvalue weighted by atomic mass is 9.74. The van der Waals surface area contributed by atoms with Crippen molar-refractivity contribution in [1.29, 1.82) is 5.26 Å². The van der Waals surface area contributed by atoms with Crippen molar-refractivity contribution >= 4 is 5.91 Å². The number of carbonyl (C=O) groups excluding carboxylic acids is 1. The first-order valence-corrected chi connectivity index (χ1v) is 10.8. The van der Waals surface area contributed by atoms with Crippen molar-refractivity contribution in [1.82, 2.24) is 4.90 Å². The Balaban J connectivity index is 1.56. The van der Waals surface area contributed by atoms with Gasteiger partial charge in [-0.1, -0.05) is 61.7 Å². The lowest BCUT2D eigenvalue weighted by molar-refractivity contribution is -0.152. The number of benzene rings is 2. The van der Waals surface area contributed by atoms with Crippen LogP contribution < -0.4 is 4.74 Å². The maximum absolute atomic E-state index is 13.1. The molecular weight excluding hydrogens is 376 g/mol. The molecule has 4 rings (SSSR count). The first-order chi connectivity index (χ1) is 14.7. The minimum absolute atomic E-state index is 0.00229. The molecule has 30 heavy (non-hydrogen) atoms. The number of likely N-dealkylation sites (tertiary alicyclic amines) is 1. The van der Waals surface area contributed by atoms with E-state index in [4.69, 9.17) is 4.74 Å². The number of methoxy groups -OCH3 is 1. The van der Waals surface area contributed by atoms with Crippen LogP contribution in [0.1, 0.15) is 43.6 Å². The molecule has 2 aromatic rings. The Morgan fingerprint density at radius 3 is 2.47 bits per heavy atom. The van der Waals surface area contributed by atoms with Crippen LogP contribution in [0.15, 0.2) is 48.5 Å². The molecule has 2 fully saturated rings. The van der Waals surface area contributed by atoms with Crippen molar-refractivity contribution in [3.63, 3.8) is 0 Å². The van der Waals surface area contributed by atoms with Gasteiger partial charge in [0, 0.05) is 17.4 Å². The minimum atomic E-state index is -0.520. The smallest absolute Gasteiger partial charge is 0.227 e. The molecule has 5 heteroatoms. The summed E-state index contributed by atoms with van der Waals surface area (Å²) in [6, 6.07) is 17.4. The van der Waals surface area contributed by atoms with Gasteiger partial charge in [0.25, 0.3) is 0 Å². The standard InChI is InChI=1S/C25H28N2O3/c1-30-23-10-6-5-9-20(23)17-11-13-18(14-12-17)24-21(15-26)27(22(24)16-28)25(29)19-7-3-2-4-8-19/h5-6,9-14,19,21-22,24,28H,2-4,7-8,16H2,1H3/t21-,22+,24+/m0/s1. The average Bonchev–Trinajstić information content (AvgIpc) is 2.80. The number of para-hydroxylation sites is 1. The largest absolute Gasteiger partial charge is 0.496 e. The van der Waals surface area contributed by atoms with Gasteiger partial charge in [0.05, 0.1) is 25.8 Å². The monoisotopic (exact) mass is 404 g/mol. The molecule has 0 spiro atoms. The Morgan fingerprint density at radius 1 is 1.13 bits per heavy atom. The molecule has 1 aliphatic carbocycles. The zero-order valence-corrected chi connectivity index (χ0v) is 17.3.